The number of benzene rings is 2. The van der Waals surface area contributed by atoms with Crippen molar-refractivity contribution in [1.82, 2.24) is 15.1 Å². The number of carbonyl (C=O) groups excluding carboxylic acids is 5. The van der Waals surface area contributed by atoms with Gasteiger partial charge in [0.15, 0.2) is 0 Å². The second kappa shape index (κ2) is 11.6. The fourth-order valence-corrected chi connectivity index (χ4v) is 5.71. The molecule has 3 aliphatic heterocycles. The molecule has 3 aliphatic rings. The summed E-state index contributed by atoms with van der Waals surface area (Å²) in [5, 5.41) is 16.4. The molecule has 3 N–H and O–H groups in total. The van der Waals surface area contributed by atoms with E-state index in [0.717, 1.165) is 29.7 Å². The number of amides is 5. The van der Waals surface area contributed by atoms with E-state index >= 15 is 0 Å². The second-order valence-corrected chi connectivity index (χ2v) is 10.7. The molecule has 5 amide bonds. The fraction of sp³-hybridized carbons (Fsp3) is 0.433. The summed E-state index contributed by atoms with van der Waals surface area (Å²) in [6.45, 7) is 1.73. The highest BCUT2D eigenvalue weighted by atomic mass is 16.3. The van der Waals surface area contributed by atoms with Crippen LogP contribution in [0.25, 0.3) is 0 Å². The largest absolute Gasteiger partial charge is 0.385 e. The summed E-state index contributed by atoms with van der Waals surface area (Å²) in [7, 11) is 0. The SMILES string of the molecule is O=C1CCC(N2C(=O)c3ccc(NCCCCCC(=O)N4CCC(O)(c5ccccc5)CC4)cc3C2=O)C(=O)N1. The molecule has 5 rings (SSSR count). The molecule has 40 heavy (non-hydrogen) atoms. The lowest BCUT2D eigenvalue weighted by molar-refractivity contribution is -0.137. The van der Waals surface area contributed by atoms with E-state index in [1.165, 1.54) is 0 Å². The van der Waals surface area contributed by atoms with Gasteiger partial charge in [0.1, 0.15) is 6.04 Å². The Morgan fingerprint density at radius 2 is 1.68 bits per heavy atom. The van der Waals surface area contributed by atoms with E-state index < -0.39 is 35.3 Å². The summed E-state index contributed by atoms with van der Waals surface area (Å²) in [5.41, 5.74) is 1.22. The Bertz CT molecular complexity index is 1320. The number of aliphatic hydroxyl groups is 1. The number of nitrogens with zero attached hydrogens (tertiary/aromatic N) is 2. The summed E-state index contributed by atoms with van der Waals surface area (Å²) >= 11 is 0. The molecule has 10 nitrogen and oxygen atoms in total. The summed E-state index contributed by atoms with van der Waals surface area (Å²) in [6, 6.07) is 13.6. The first-order valence-electron chi connectivity index (χ1n) is 13.9. The number of unbranched alkanes of at least 4 members (excludes halogenated alkanes) is 2. The molecule has 0 radical (unpaired) electrons. The van der Waals surface area contributed by atoms with Crippen LogP contribution in [0.2, 0.25) is 0 Å². The van der Waals surface area contributed by atoms with Gasteiger partial charge in [0.2, 0.25) is 17.7 Å². The van der Waals surface area contributed by atoms with Crippen molar-refractivity contribution in [2.45, 2.75) is 63.0 Å². The smallest absolute Gasteiger partial charge is 0.262 e. The minimum Gasteiger partial charge on any atom is -0.385 e. The molecule has 2 saturated heterocycles. The maximum absolute atomic E-state index is 13.0. The second-order valence-electron chi connectivity index (χ2n) is 10.7. The first-order valence-corrected chi connectivity index (χ1v) is 13.9. The van der Waals surface area contributed by atoms with Gasteiger partial charge in [-0.25, -0.2) is 0 Å². The van der Waals surface area contributed by atoms with E-state index in [-0.39, 0.29) is 29.9 Å². The van der Waals surface area contributed by atoms with Crippen LogP contribution in [0.15, 0.2) is 48.5 Å². The summed E-state index contributed by atoms with van der Waals surface area (Å²) in [5.74, 6) is -1.97. The van der Waals surface area contributed by atoms with Gasteiger partial charge in [-0.15, -0.1) is 0 Å². The molecule has 0 bridgehead atoms. The maximum Gasteiger partial charge on any atom is 0.262 e. The number of anilines is 1. The van der Waals surface area contributed by atoms with Crippen molar-refractivity contribution in [1.29, 1.82) is 0 Å². The Hall–Kier alpha value is -4.05. The molecule has 1 unspecified atom stereocenters. The van der Waals surface area contributed by atoms with Crippen LogP contribution >= 0.6 is 0 Å². The first kappa shape index (κ1) is 27.5. The molecule has 1 atom stereocenters. The number of hydrogen-bond donors (Lipinski definition) is 3. The topological polar surface area (TPSA) is 136 Å². The van der Waals surface area contributed by atoms with E-state index in [4.69, 9.17) is 0 Å². The van der Waals surface area contributed by atoms with Gasteiger partial charge in [0.05, 0.1) is 16.7 Å². The summed E-state index contributed by atoms with van der Waals surface area (Å²) in [6.07, 6.45) is 4.18. The van der Waals surface area contributed by atoms with Crippen LogP contribution in [0.4, 0.5) is 5.69 Å². The van der Waals surface area contributed by atoms with Crippen LogP contribution < -0.4 is 10.6 Å². The van der Waals surface area contributed by atoms with Gasteiger partial charge in [-0.1, -0.05) is 36.8 Å². The Morgan fingerprint density at radius 3 is 2.40 bits per heavy atom. The zero-order valence-corrected chi connectivity index (χ0v) is 22.4. The monoisotopic (exact) mass is 546 g/mol. The molecule has 0 aliphatic carbocycles. The Kier molecular flexibility index (Phi) is 7.97. The van der Waals surface area contributed by atoms with Crippen LogP contribution in [0.5, 0.6) is 0 Å². The van der Waals surface area contributed by atoms with Gasteiger partial charge in [0, 0.05) is 38.2 Å². The molecule has 2 aromatic rings. The quantitative estimate of drug-likeness (QED) is 0.325. The molecule has 0 aromatic heterocycles. The third kappa shape index (κ3) is 5.62. The van der Waals surface area contributed by atoms with E-state index in [2.05, 4.69) is 10.6 Å². The highest BCUT2D eigenvalue weighted by Crippen LogP contribution is 2.33. The molecule has 2 aromatic carbocycles. The van der Waals surface area contributed by atoms with Crippen molar-refractivity contribution < 1.29 is 29.1 Å². The minimum absolute atomic E-state index is 0.0812. The van der Waals surface area contributed by atoms with Crippen molar-refractivity contribution >= 4 is 35.2 Å². The number of rotatable bonds is 9. The van der Waals surface area contributed by atoms with Gasteiger partial charge in [-0.3, -0.25) is 34.2 Å². The zero-order chi connectivity index (χ0) is 28.3. The Morgan fingerprint density at radius 1 is 0.950 bits per heavy atom. The molecule has 0 spiro atoms. The van der Waals surface area contributed by atoms with E-state index in [0.29, 0.717) is 44.6 Å². The summed E-state index contributed by atoms with van der Waals surface area (Å²) in [4.78, 5) is 64.9. The Labute approximate surface area is 232 Å². The number of carbonyl (C=O) groups is 5. The first-order chi connectivity index (χ1) is 19.3. The third-order valence-electron chi connectivity index (χ3n) is 8.09. The predicted octanol–water partition coefficient (Wildman–Crippen LogP) is 2.57. The molecule has 10 heteroatoms. The van der Waals surface area contributed by atoms with Gasteiger partial charge < -0.3 is 15.3 Å². The number of piperidine rings is 2. The summed E-state index contributed by atoms with van der Waals surface area (Å²) < 4.78 is 0. The lowest BCUT2D eigenvalue weighted by Crippen LogP contribution is -2.54. The Balaban J connectivity index is 1.03. The lowest BCUT2D eigenvalue weighted by Gasteiger charge is -2.38. The lowest BCUT2D eigenvalue weighted by atomic mass is 9.84. The van der Waals surface area contributed by atoms with Gasteiger partial charge in [-0.2, -0.15) is 0 Å². The normalized spacial score (nSPS) is 20.4. The van der Waals surface area contributed by atoms with E-state index in [1.54, 1.807) is 18.2 Å². The highest BCUT2D eigenvalue weighted by Gasteiger charge is 2.44. The average molecular weight is 547 g/mol. The van der Waals surface area contributed by atoms with E-state index in [1.807, 2.05) is 35.2 Å². The molecular formula is C30H34N4O6. The van der Waals surface area contributed by atoms with Crippen LogP contribution in [0.1, 0.15) is 77.6 Å². The minimum atomic E-state index is -0.982. The number of nitrogens with one attached hydrogen (secondary N) is 2. The van der Waals surface area contributed by atoms with Crippen molar-refractivity contribution in [3.63, 3.8) is 0 Å². The van der Waals surface area contributed by atoms with Crippen molar-refractivity contribution in [3.8, 4) is 0 Å². The molecule has 210 valence electrons. The number of likely N-dealkylation sites (tertiary alicyclic amines) is 1. The van der Waals surface area contributed by atoms with Crippen LogP contribution in [-0.2, 0) is 20.0 Å². The highest BCUT2D eigenvalue weighted by molar-refractivity contribution is 6.23. The maximum atomic E-state index is 13.0. The van der Waals surface area contributed by atoms with Crippen molar-refractivity contribution in [3.05, 3.63) is 65.2 Å². The van der Waals surface area contributed by atoms with Crippen LogP contribution in [-0.4, -0.2) is 70.1 Å². The van der Waals surface area contributed by atoms with Gasteiger partial charge in [0.25, 0.3) is 11.8 Å². The molecule has 2 fully saturated rings. The number of imide groups is 2. The molecule has 3 heterocycles. The fourth-order valence-electron chi connectivity index (χ4n) is 5.71. The number of hydrogen-bond acceptors (Lipinski definition) is 7. The third-order valence-corrected chi connectivity index (χ3v) is 8.09. The van der Waals surface area contributed by atoms with E-state index in [9.17, 15) is 29.1 Å². The average Bonchev–Trinajstić information content (AvgIpc) is 3.20. The van der Waals surface area contributed by atoms with Crippen molar-refractivity contribution in [2.75, 3.05) is 25.0 Å². The van der Waals surface area contributed by atoms with Gasteiger partial charge >= 0.3 is 0 Å². The van der Waals surface area contributed by atoms with Crippen LogP contribution in [0, 0.1) is 0 Å². The van der Waals surface area contributed by atoms with Crippen LogP contribution in [0.3, 0.4) is 0 Å². The standard InChI is InChI=1S/C30H34N4O6/c35-25-13-12-24(27(37)32-25)34-28(38)22-11-10-21(19-23(22)29(34)39)31-16-6-2-5-9-26(36)33-17-14-30(40,15-18-33)20-7-3-1-4-8-20/h1,3-4,7-8,10-11,19,24,31,40H,2,5-6,9,12-18H2,(H,32,35,37). The molecular weight excluding hydrogens is 512 g/mol. The predicted molar refractivity (Wildman–Crippen MR) is 146 cm³/mol. The zero-order valence-electron chi connectivity index (χ0n) is 22.4. The number of fused-ring (bicyclic) bond motifs is 1. The van der Waals surface area contributed by atoms with Crippen molar-refractivity contribution in [2.24, 2.45) is 0 Å². The molecule has 0 saturated carbocycles. The van der Waals surface area contributed by atoms with Gasteiger partial charge in [-0.05, 0) is 55.9 Å².